The van der Waals surface area contributed by atoms with Crippen LogP contribution in [0.2, 0.25) is 5.02 Å². The van der Waals surface area contributed by atoms with Gasteiger partial charge in [-0.1, -0.05) is 17.7 Å². The first-order valence-corrected chi connectivity index (χ1v) is 8.87. The third-order valence-electron chi connectivity index (χ3n) is 4.63. The summed E-state index contributed by atoms with van der Waals surface area (Å²) in [4.78, 5) is 24.6. The van der Waals surface area contributed by atoms with Crippen LogP contribution in [0.15, 0.2) is 24.8 Å². The summed E-state index contributed by atoms with van der Waals surface area (Å²) in [6.45, 7) is 5.95. The highest BCUT2D eigenvalue weighted by Gasteiger charge is 2.30. The number of hydrogen-bond donors (Lipinski definition) is 2. The normalized spacial score (nSPS) is 19.8. The maximum atomic E-state index is 12.6. The highest BCUT2D eigenvalue weighted by molar-refractivity contribution is 6.31. The third-order valence-corrected chi connectivity index (χ3v) is 5.04. The topological polar surface area (TPSA) is 67.4 Å². The van der Waals surface area contributed by atoms with E-state index in [1.165, 1.54) is 0 Å². The van der Waals surface area contributed by atoms with E-state index >= 15 is 0 Å². The number of carbonyl (C=O) groups excluding carboxylic acids is 2. The van der Waals surface area contributed by atoms with Crippen molar-refractivity contribution < 1.29 is 14.3 Å². The molecule has 6 heteroatoms. The van der Waals surface area contributed by atoms with Crippen LogP contribution in [0.3, 0.4) is 0 Å². The Bertz CT molecular complexity index is 652. The number of methoxy groups -OCH3 is 1. The highest BCUT2D eigenvalue weighted by atomic mass is 35.5. The minimum absolute atomic E-state index is 0.0173. The maximum Gasteiger partial charge on any atom is 0.227 e. The number of halogens is 1. The predicted molar refractivity (Wildman–Crippen MR) is 100 cm³/mol. The largest absolute Gasteiger partial charge is 0.495 e. The van der Waals surface area contributed by atoms with Gasteiger partial charge in [-0.3, -0.25) is 9.59 Å². The molecule has 0 radical (unpaired) electrons. The summed E-state index contributed by atoms with van der Waals surface area (Å²) in [5, 5.41) is 6.37. The molecular weight excluding hydrogens is 340 g/mol. The number of nitrogens with one attached hydrogen (secondary N) is 2. The lowest BCUT2D eigenvalue weighted by Crippen LogP contribution is -2.35. The number of hydrogen-bond acceptors (Lipinski definition) is 3. The van der Waals surface area contributed by atoms with E-state index in [1.54, 1.807) is 19.3 Å². The lowest BCUT2D eigenvalue weighted by atomic mass is 9.81. The van der Waals surface area contributed by atoms with Gasteiger partial charge in [-0.25, -0.2) is 0 Å². The number of carbonyl (C=O) groups is 2. The second-order valence-corrected chi connectivity index (χ2v) is 6.78. The minimum Gasteiger partial charge on any atom is -0.495 e. The number of aryl methyl sites for hydroxylation is 1. The van der Waals surface area contributed by atoms with Gasteiger partial charge in [-0.2, -0.15) is 0 Å². The molecule has 1 aliphatic rings. The van der Waals surface area contributed by atoms with Crippen molar-refractivity contribution in [3.05, 3.63) is 35.4 Å². The van der Waals surface area contributed by atoms with Crippen LogP contribution >= 0.6 is 11.6 Å². The number of benzene rings is 1. The van der Waals surface area contributed by atoms with E-state index in [-0.39, 0.29) is 23.7 Å². The number of ether oxygens (including phenoxy) is 1. The fourth-order valence-corrected chi connectivity index (χ4v) is 3.25. The zero-order valence-electron chi connectivity index (χ0n) is 14.7. The average molecular weight is 365 g/mol. The van der Waals surface area contributed by atoms with Gasteiger partial charge < -0.3 is 15.4 Å². The average Bonchev–Trinajstić information content (AvgIpc) is 2.62. The van der Waals surface area contributed by atoms with Crippen LogP contribution in [0.5, 0.6) is 5.75 Å². The molecular formula is C19H25ClN2O3. The van der Waals surface area contributed by atoms with Crippen LogP contribution in [-0.2, 0) is 9.59 Å². The Labute approximate surface area is 153 Å². The van der Waals surface area contributed by atoms with Crippen molar-refractivity contribution in [3.63, 3.8) is 0 Å². The minimum atomic E-state index is -0.0934. The molecule has 0 heterocycles. The first-order chi connectivity index (χ1) is 12.0. The first-order valence-electron chi connectivity index (χ1n) is 8.49. The quantitative estimate of drug-likeness (QED) is 0.756. The van der Waals surface area contributed by atoms with Crippen LogP contribution in [0.4, 0.5) is 5.69 Å². The van der Waals surface area contributed by atoms with Crippen LogP contribution in [-0.4, -0.2) is 25.5 Å². The standard InChI is InChI=1S/C19H25ClN2O3/c1-4-9-21-18(23)13-5-7-14(8-6-13)19(24)22-16-10-12(2)15(20)11-17(16)25-3/h4,10-11,13-14H,1,5-9H2,2-3H3,(H,21,23)(H,22,24). The number of rotatable bonds is 6. The van der Waals surface area contributed by atoms with E-state index in [0.29, 0.717) is 35.8 Å². The van der Waals surface area contributed by atoms with Crippen molar-refractivity contribution in [2.24, 2.45) is 11.8 Å². The smallest absolute Gasteiger partial charge is 0.227 e. The molecule has 0 spiro atoms. The molecule has 2 N–H and O–H groups in total. The second-order valence-electron chi connectivity index (χ2n) is 6.37. The highest BCUT2D eigenvalue weighted by Crippen LogP contribution is 2.33. The van der Waals surface area contributed by atoms with Gasteiger partial charge >= 0.3 is 0 Å². The SMILES string of the molecule is C=CCNC(=O)C1CCC(C(=O)Nc2cc(C)c(Cl)cc2OC)CC1. The molecule has 1 aromatic rings. The zero-order valence-corrected chi connectivity index (χ0v) is 15.5. The van der Waals surface area contributed by atoms with Gasteiger partial charge in [0, 0.05) is 29.5 Å². The summed E-state index contributed by atoms with van der Waals surface area (Å²) < 4.78 is 5.30. The lowest BCUT2D eigenvalue weighted by molar-refractivity contribution is -0.128. The maximum absolute atomic E-state index is 12.6. The van der Waals surface area contributed by atoms with Gasteiger partial charge in [0.05, 0.1) is 12.8 Å². The molecule has 1 fully saturated rings. The Hall–Kier alpha value is -2.01. The fourth-order valence-electron chi connectivity index (χ4n) is 3.10. The van der Waals surface area contributed by atoms with Gasteiger partial charge in [0.2, 0.25) is 11.8 Å². The number of amides is 2. The van der Waals surface area contributed by atoms with E-state index in [4.69, 9.17) is 16.3 Å². The molecule has 5 nitrogen and oxygen atoms in total. The molecule has 1 aliphatic carbocycles. The molecule has 136 valence electrons. The van der Waals surface area contributed by atoms with E-state index in [9.17, 15) is 9.59 Å². The van der Waals surface area contributed by atoms with E-state index < -0.39 is 0 Å². The molecule has 25 heavy (non-hydrogen) atoms. The predicted octanol–water partition coefficient (Wildman–Crippen LogP) is 3.70. The van der Waals surface area contributed by atoms with E-state index in [2.05, 4.69) is 17.2 Å². The summed E-state index contributed by atoms with van der Waals surface area (Å²) >= 11 is 6.09. The van der Waals surface area contributed by atoms with E-state index in [0.717, 1.165) is 18.4 Å². The first kappa shape index (κ1) is 19.3. The Kier molecular flexibility index (Phi) is 6.88. The summed E-state index contributed by atoms with van der Waals surface area (Å²) in [6, 6.07) is 3.51. The van der Waals surface area contributed by atoms with Crippen LogP contribution in [0.1, 0.15) is 31.2 Å². The zero-order chi connectivity index (χ0) is 18.4. The van der Waals surface area contributed by atoms with Crippen molar-refractivity contribution in [3.8, 4) is 5.75 Å². The molecule has 1 aromatic carbocycles. The van der Waals surface area contributed by atoms with Gasteiger partial charge in [-0.15, -0.1) is 6.58 Å². The molecule has 2 rings (SSSR count). The van der Waals surface area contributed by atoms with Crippen molar-refractivity contribution in [2.75, 3.05) is 19.0 Å². The van der Waals surface area contributed by atoms with Crippen molar-refractivity contribution in [1.29, 1.82) is 0 Å². The fraction of sp³-hybridized carbons (Fsp3) is 0.474. The molecule has 0 aliphatic heterocycles. The molecule has 1 saturated carbocycles. The molecule has 0 atom stereocenters. The Morgan fingerprint density at radius 3 is 2.40 bits per heavy atom. The summed E-state index contributed by atoms with van der Waals surface area (Å²) in [5.74, 6) is 0.445. The monoisotopic (exact) mass is 364 g/mol. The van der Waals surface area contributed by atoms with Crippen molar-refractivity contribution in [2.45, 2.75) is 32.6 Å². The molecule has 0 unspecified atom stereocenters. The van der Waals surface area contributed by atoms with Crippen LogP contribution in [0.25, 0.3) is 0 Å². The number of anilines is 1. The van der Waals surface area contributed by atoms with Crippen molar-refractivity contribution >= 4 is 29.1 Å². The molecule has 2 amide bonds. The summed E-state index contributed by atoms with van der Waals surface area (Å²) in [5.41, 5.74) is 1.50. The second kappa shape index (κ2) is 8.90. The van der Waals surface area contributed by atoms with Gasteiger partial charge in [-0.05, 0) is 44.2 Å². The van der Waals surface area contributed by atoms with Gasteiger partial charge in [0.15, 0.2) is 0 Å². The molecule has 0 saturated heterocycles. The lowest BCUT2D eigenvalue weighted by Gasteiger charge is -2.27. The third kappa shape index (κ3) is 4.98. The Morgan fingerprint density at radius 1 is 1.24 bits per heavy atom. The van der Waals surface area contributed by atoms with Crippen LogP contribution < -0.4 is 15.4 Å². The Morgan fingerprint density at radius 2 is 1.84 bits per heavy atom. The van der Waals surface area contributed by atoms with Gasteiger partial charge in [0.25, 0.3) is 0 Å². The summed E-state index contributed by atoms with van der Waals surface area (Å²) in [6.07, 6.45) is 4.51. The van der Waals surface area contributed by atoms with E-state index in [1.807, 2.05) is 13.0 Å². The van der Waals surface area contributed by atoms with Crippen molar-refractivity contribution in [1.82, 2.24) is 5.32 Å². The Balaban J connectivity index is 1.94. The molecule has 0 aromatic heterocycles. The van der Waals surface area contributed by atoms with Crippen LogP contribution in [0, 0.1) is 18.8 Å². The summed E-state index contributed by atoms with van der Waals surface area (Å²) in [7, 11) is 1.55. The molecule has 0 bridgehead atoms. The van der Waals surface area contributed by atoms with Gasteiger partial charge in [0.1, 0.15) is 5.75 Å².